The minimum absolute atomic E-state index is 0.0643. The summed E-state index contributed by atoms with van der Waals surface area (Å²) in [7, 11) is 0. The number of nitrogens with zero attached hydrogens (tertiary/aromatic N) is 2. The summed E-state index contributed by atoms with van der Waals surface area (Å²) in [5.41, 5.74) is 0.582. The van der Waals surface area contributed by atoms with Crippen LogP contribution in [0.4, 0.5) is 0 Å². The van der Waals surface area contributed by atoms with E-state index < -0.39 is 0 Å². The van der Waals surface area contributed by atoms with Crippen molar-refractivity contribution in [3.05, 3.63) is 70.2 Å². The highest BCUT2D eigenvalue weighted by Gasteiger charge is 2.06. The summed E-state index contributed by atoms with van der Waals surface area (Å²) < 4.78 is 1.54. The summed E-state index contributed by atoms with van der Waals surface area (Å²) in [6.45, 7) is 0. The van der Waals surface area contributed by atoms with Gasteiger partial charge in [0.15, 0.2) is 0 Å². The highest BCUT2D eigenvalue weighted by Crippen LogP contribution is 2.25. The Bertz CT molecular complexity index is 783. The number of hydrogen-bond donors (Lipinski definition) is 0. The van der Waals surface area contributed by atoms with Crippen LogP contribution >= 0.6 is 23.4 Å². The van der Waals surface area contributed by atoms with Gasteiger partial charge in [-0.2, -0.15) is 0 Å². The van der Waals surface area contributed by atoms with Crippen LogP contribution < -0.4 is 5.56 Å². The van der Waals surface area contributed by atoms with Gasteiger partial charge in [-0.05, 0) is 36.4 Å². The van der Waals surface area contributed by atoms with Crippen LogP contribution in [0.5, 0.6) is 0 Å². The van der Waals surface area contributed by atoms with Gasteiger partial charge in [0.1, 0.15) is 5.65 Å². The van der Waals surface area contributed by atoms with Crippen LogP contribution in [0.2, 0.25) is 5.02 Å². The molecule has 0 spiro atoms. The second kappa shape index (κ2) is 5.07. The minimum Gasteiger partial charge on any atom is -0.268 e. The number of fused-ring (bicyclic) bond motifs is 1. The predicted octanol–water partition coefficient (Wildman–Crippen LogP) is 3.50. The van der Waals surface area contributed by atoms with Crippen molar-refractivity contribution in [3.8, 4) is 0 Å². The lowest BCUT2D eigenvalue weighted by molar-refractivity contribution is 0.985. The van der Waals surface area contributed by atoms with Gasteiger partial charge in [0.25, 0.3) is 5.56 Å². The first kappa shape index (κ1) is 12.3. The molecule has 0 saturated carbocycles. The molecule has 0 unspecified atom stereocenters. The van der Waals surface area contributed by atoms with E-state index in [0.29, 0.717) is 15.6 Å². The molecule has 3 rings (SSSR count). The molecule has 1 aromatic carbocycles. The zero-order valence-electron chi connectivity index (χ0n) is 9.79. The summed E-state index contributed by atoms with van der Waals surface area (Å²) in [6, 6.07) is 12.8. The van der Waals surface area contributed by atoms with Crippen LogP contribution in [0, 0.1) is 0 Å². The molecule has 0 fully saturated rings. The van der Waals surface area contributed by atoms with Gasteiger partial charge in [-0.25, -0.2) is 4.98 Å². The summed E-state index contributed by atoms with van der Waals surface area (Å²) in [4.78, 5) is 18.1. The molecular weight excluding hydrogens is 280 g/mol. The van der Waals surface area contributed by atoms with Crippen LogP contribution in [0.25, 0.3) is 5.65 Å². The molecule has 0 bridgehead atoms. The van der Waals surface area contributed by atoms with Gasteiger partial charge in [0.2, 0.25) is 0 Å². The average molecular weight is 289 g/mol. The first-order chi connectivity index (χ1) is 9.24. The van der Waals surface area contributed by atoms with Gasteiger partial charge >= 0.3 is 0 Å². The Morgan fingerprint density at radius 3 is 2.68 bits per heavy atom. The predicted molar refractivity (Wildman–Crippen MR) is 77.0 cm³/mol. The largest absolute Gasteiger partial charge is 0.271 e. The Morgan fingerprint density at radius 2 is 1.89 bits per heavy atom. The number of hydrogen-bond acceptors (Lipinski definition) is 3. The SMILES string of the molecule is O=c1c(Sc2ccc(Cl)cc2)cnc2ccccn12. The lowest BCUT2D eigenvalue weighted by atomic mass is 10.4. The van der Waals surface area contributed by atoms with Crippen molar-refractivity contribution in [1.29, 1.82) is 0 Å². The fourth-order valence-electron chi connectivity index (χ4n) is 1.71. The van der Waals surface area contributed by atoms with Crippen LogP contribution in [0.15, 0.2) is 69.4 Å². The van der Waals surface area contributed by atoms with Crippen LogP contribution in [0.3, 0.4) is 0 Å². The van der Waals surface area contributed by atoms with Crippen LogP contribution in [-0.2, 0) is 0 Å². The van der Waals surface area contributed by atoms with Crippen molar-refractivity contribution in [2.24, 2.45) is 0 Å². The van der Waals surface area contributed by atoms with Crippen molar-refractivity contribution in [3.63, 3.8) is 0 Å². The van der Waals surface area contributed by atoms with E-state index in [2.05, 4.69) is 4.98 Å². The first-order valence-corrected chi connectivity index (χ1v) is 6.83. The van der Waals surface area contributed by atoms with Gasteiger partial charge < -0.3 is 0 Å². The Balaban J connectivity index is 2.04. The molecule has 0 radical (unpaired) electrons. The summed E-state index contributed by atoms with van der Waals surface area (Å²) in [6.07, 6.45) is 3.33. The molecule has 5 heteroatoms. The van der Waals surface area contributed by atoms with Crippen molar-refractivity contribution in [1.82, 2.24) is 9.38 Å². The Hall–Kier alpha value is -1.78. The zero-order chi connectivity index (χ0) is 13.2. The number of aromatic nitrogens is 2. The van der Waals surface area contributed by atoms with Crippen molar-refractivity contribution in [2.75, 3.05) is 0 Å². The molecule has 0 aliphatic carbocycles. The maximum absolute atomic E-state index is 12.3. The fraction of sp³-hybridized carbons (Fsp3) is 0. The maximum Gasteiger partial charge on any atom is 0.271 e. The topological polar surface area (TPSA) is 34.4 Å². The molecule has 2 aromatic heterocycles. The molecule has 0 aliphatic rings. The van der Waals surface area contributed by atoms with Crippen molar-refractivity contribution < 1.29 is 0 Å². The van der Waals surface area contributed by atoms with E-state index in [0.717, 1.165) is 4.90 Å². The van der Waals surface area contributed by atoms with E-state index >= 15 is 0 Å². The quantitative estimate of drug-likeness (QED) is 0.724. The molecule has 0 aliphatic heterocycles. The number of pyridine rings is 1. The molecule has 2 heterocycles. The summed E-state index contributed by atoms with van der Waals surface area (Å²) in [5.74, 6) is 0. The molecule has 3 aromatic rings. The monoisotopic (exact) mass is 288 g/mol. The van der Waals surface area contributed by atoms with Gasteiger partial charge in [0, 0.05) is 22.3 Å². The van der Waals surface area contributed by atoms with Gasteiger partial charge in [0.05, 0.1) is 4.90 Å². The molecule has 0 saturated heterocycles. The molecule has 3 nitrogen and oxygen atoms in total. The van der Waals surface area contributed by atoms with E-state index in [4.69, 9.17) is 11.6 Å². The minimum atomic E-state index is -0.0643. The second-order valence-electron chi connectivity index (χ2n) is 3.91. The number of rotatable bonds is 2. The molecule has 0 amide bonds. The summed E-state index contributed by atoms with van der Waals surface area (Å²) >= 11 is 7.22. The second-order valence-corrected chi connectivity index (χ2v) is 5.46. The Kier molecular flexibility index (Phi) is 3.27. The Labute approximate surface area is 118 Å². The molecular formula is C14H9ClN2OS. The third kappa shape index (κ3) is 2.50. The van der Waals surface area contributed by atoms with Crippen LogP contribution in [-0.4, -0.2) is 9.38 Å². The Morgan fingerprint density at radius 1 is 1.11 bits per heavy atom. The van der Waals surface area contributed by atoms with Crippen molar-refractivity contribution in [2.45, 2.75) is 9.79 Å². The standard InChI is InChI=1S/C14H9ClN2OS/c15-10-4-6-11(7-5-10)19-12-9-16-13-3-1-2-8-17(13)14(12)18/h1-9H. The average Bonchev–Trinajstić information content (AvgIpc) is 2.45. The number of benzene rings is 1. The van der Waals surface area contributed by atoms with Crippen molar-refractivity contribution >= 4 is 29.0 Å². The molecule has 0 N–H and O–H groups in total. The third-order valence-electron chi connectivity index (χ3n) is 2.62. The normalized spacial score (nSPS) is 10.8. The molecule has 0 atom stereocenters. The van der Waals surface area contributed by atoms with E-state index in [1.54, 1.807) is 30.6 Å². The van der Waals surface area contributed by atoms with E-state index in [9.17, 15) is 4.79 Å². The highest BCUT2D eigenvalue weighted by molar-refractivity contribution is 7.99. The van der Waals surface area contributed by atoms with E-state index in [1.165, 1.54) is 16.2 Å². The van der Waals surface area contributed by atoms with E-state index in [-0.39, 0.29) is 5.56 Å². The third-order valence-corrected chi connectivity index (χ3v) is 3.88. The van der Waals surface area contributed by atoms with Gasteiger partial charge in [-0.1, -0.05) is 29.4 Å². The smallest absolute Gasteiger partial charge is 0.268 e. The maximum atomic E-state index is 12.3. The lowest BCUT2D eigenvalue weighted by Crippen LogP contribution is -2.15. The van der Waals surface area contributed by atoms with Gasteiger partial charge in [-0.15, -0.1) is 0 Å². The highest BCUT2D eigenvalue weighted by atomic mass is 35.5. The fourth-order valence-corrected chi connectivity index (χ4v) is 2.65. The molecule has 94 valence electrons. The zero-order valence-corrected chi connectivity index (χ0v) is 11.4. The van der Waals surface area contributed by atoms with E-state index in [1.807, 2.05) is 24.3 Å². The van der Waals surface area contributed by atoms with Crippen LogP contribution in [0.1, 0.15) is 0 Å². The molecule has 19 heavy (non-hydrogen) atoms. The summed E-state index contributed by atoms with van der Waals surface area (Å²) in [5, 5.41) is 0.678. The number of halogens is 1. The lowest BCUT2D eigenvalue weighted by Gasteiger charge is -2.03. The van der Waals surface area contributed by atoms with Gasteiger partial charge in [-0.3, -0.25) is 9.20 Å². The first-order valence-electron chi connectivity index (χ1n) is 5.64.